The summed E-state index contributed by atoms with van der Waals surface area (Å²) in [6.45, 7) is 1.85. The lowest BCUT2D eigenvalue weighted by Crippen LogP contribution is -2.47. The van der Waals surface area contributed by atoms with E-state index in [0.717, 1.165) is 38.2 Å². The molecule has 2 aliphatic rings. The molecule has 5 N–H and O–H groups in total. The zero-order valence-electron chi connectivity index (χ0n) is 15.3. The van der Waals surface area contributed by atoms with E-state index in [9.17, 15) is 0 Å². The second-order valence-electron chi connectivity index (χ2n) is 7.69. The molecular weight excluding hydrogens is 360 g/mol. The van der Waals surface area contributed by atoms with Gasteiger partial charge in [-0.25, -0.2) is 9.97 Å². The highest BCUT2D eigenvalue weighted by Gasteiger charge is 2.43. The van der Waals surface area contributed by atoms with E-state index in [2.05, 4.69) is 14.9 Å². The first-order valence-corrected chi connectivity index (χ1v) is 9.84. The fourth-order valence-corrected chi connectivity index (χ4v) is 4.59. The van der Waals surface area contributed by atoms with Crippen LogP contribution in [0, 0.1) is 10.8 Å². The summed E-state index contributed by atoms with van der Waals surface area (Å²) in [4.78, 5) is 11.2. The number of nitrogens with one attached hydrogen (secondary N) is 1. The lowest BCUT2D eigenvalue weighted by atomic mass is 9.74. The molecule has 2 fully saturated rings. The standard InChI is InChI=1S/C20H25ClN6/c21-14-5-3-13(4-6-14)17(23)18-19(24)26-16(12-25-18)27-10-8-20(9-11-27)7-1-2-15(20)22/h3-6,12,15,23H,1-2,7-11,22H2,(H2,24,26)/t15-/m1/s1. The topological polar surface area (TPSA) is 105 Å². The maximum absolute atomic E-state index is 8.38. The summed E-state index contributed by atoms with van der Waals surface area (Å²) in [5, 5.41) is 9.01. The molecule has 7 heteroatoms. The van der Waals surface area contributed by atoms with E-state index in [1.165, 1.54) is 12.8 Å². The maximum Gasteiger partial charge on any atom is 0.154 e. The van der Waals surface area contributed by atoms with E-state index in [-0.39, 0.29) is 11.5 Å². The van der Waals surface area contributed by atoms with Crippen LogP contribution in [-0.2, 0) is 0 Å². The zero-order chi connectivity index (χ0) is 19.0. The Kier molecular flexibility index (Phi) is 4.78. The molecule has 1 aromatic heterocycles. The molecule has 4 rings (SSSR count). The molecule has 0 bridgehead atoms. The number of halogens is 1. The van der Waals surface area contributed by atoms with Crippen molar-refractivity contribution in [3.05, 3.63) is 46.7 Å². The summed E-state index contributed by atoms with van der Waals surface area (Å²) in [6.07, 6.45) is 7.55. The van der Waals surface area contributed by atoms with Gasteiger partial charge in [-0.05, 0) is 43.2 Å². The normalized spacial score (nSPS) is 21.6. The third-order valence-electron chi connectivity index (χ3n) is 6.22. The fourth-order valence-electron chi connectivity index (χ4n) is 4.46. The van der Waals surface area contributed by atoms with Crippen LogP contribution in [0.3, 0.4) is 0 Å². The molecule has 1 aliphatic heterocycles. The monoisotopic (exact) mass is 384 g/mol. The Hall–Kier alpha value is -2.18. The Bertz CT molecular complexity index is 842. The number of anilines is 2. The summed E-state index contributed by atoms with van der Waals surface area (Å²) in [5.74, 6) is 1.06. The van der Waals surface area contributed by atoms with Crippen LogP contribution in [0.25, 0.3) is 0 Å². The van der Waals surface area contributed by atoms with Gasteiger partial charge in [0.2, 0.25) is 0 Å². The van der Waals surface area contributed by atoms with Gasteiger partial charge in [-0.3, -0.25) is 5.41 Å². The van der Waals surface area contributed by atoms with E-state index in [4.69, 9.17) is 28.5 Å². The van der Waals surface area contributed by atoms with E-state index in [0.29, 0.717) is 27.7 Å². The van der Waals surface area contributed by atoms with Gasteiger partial charge in [-0.2, -0.15) is 0 Å². The Morgan fingerprint density at radius 3 is 2.48 bits per heavy atom. The van der Waals surface area contributed by atoms with Crippen molar-refractivity contribution in [3.63, 3.8) is 0 Å². The van der Waals surface area contributed by atoms with Crippen molar-refractivity contribution in [2.45, 2.75) is 38.1 Å². The van der Waals surface area contributed by atoms with Crippen LogP contribution in [0.1, 0.15) is 43.4 Å². The average Bonchev–Trinajstić information content (AvgIpc) is 3.02. The minimum Gasteiger partial charge on any atom is -0.382 e. The van der Waals surface area contributed by atoms with Crippen LogP contribution in [-0.4, -0.2) is 34.8 Å². The van der Waals surface area contributed by atoms with Crippen LogP contribution >= 0.6 is 11.6 Å². The van der Waals surface area contributed by atoms with Crippen molar-refractivity contribution in [3.8, 4) is 0 Å². The third kappa shape index (κ3) is 3.39. The van der Waals surface area contributed by atoms with Crippen molar-refractivity contribution in [1.82, 2.24) is 9.97 Å². The smallest absolute Gasteiger partial charge is 0.154 e. The number of nitrogens with two attached hydrogens (primary N) is 2. The molecule has 0 unspecified atom stereocenters. The number of nitrogen functional groups attached to an aromatic ring is 1. The summed E-state index contributed by atoms with van der Waals surface area (Å²) in [7, 11) is 0. The van der Waals surface area contributed by atoms with E-state index >= 15 is 0 Å². The lowest BCUT2D eigenvalue weighted by Gasteiger charge is -2.42. The maximum atomic E-state index is 8.38. The first-order valence-electron chi connectivity index (χ1n) is 9.46. The van der Waals surface area contributed by atoms with Crippen LogP contribution in [0.15, 0.2) is 30.5 Å². The first kappa shape index (κ1) is 18.2. The highest BCUT2D eigenvalue weighted by Crippen LogP contribution is 2.45. The largest absolute Gasteiger partial charge is 0.382 e. The number of rotatable bonds is 3. The summed E-state index contributed by atoms with van der Waals surface area (Å²) >= 11 is 5.92. The van der Waals surface area contributed by atoms with Crippen LogP contribution in [0.4, 0.5) is 11.6 Å². The molecule has 1 atom stereocenters. The van der Waals surface area contributed by atoms with Gasteiger partial charge in [0.1, 0.15) is 11.5 Å². The molecule has 142 valence electrons. The number of aromatic nitrogens is 2. The third-order valence-corrected chi connectivity index (χ3v) is 6.47. The fraction of sp³-hybridized carbons (Fsp3) is 0.450. The molecule has 27 heavy (non-hydrogen) atoms. The van der Waals surface area contributed by atoms with Crippen molar-refractivity contribution in [2.75, 3.05) is 23.7 Å². The second kappa shape index (κ2) is 7.09. The molecular formula is C20H25ClN6. The number of hydrogen-bond acceptors (Lipinski definition) is 6. The van der Waals surface area contributed by atoms with Crippen molar-refractivity contribution in [1.29, 1.82) is 5.41 Å². The number of benzene rings is 1. The molecule has 1 saturated carbocycles. The van der Waals surface area contributed by atoms with Gasteiger partial charge in [0.05, 0.1) is 11.9 Å². The summed E-state index contributed by atoms with van der Waals surface area (Å²) < 4.78 is 0. The van der Waals surface area contributed by atoms with E-state index in [1.54, 1.807) is 30.5 Å². The predicted octanol–water partition coefficient (Wildman–Crippen LogP) is 3.23. The zero-order valence-corrected chi connectivity index (χ0v) is 16.0. The molecule has 1 saturated heterocycles. The molecule has 2 aromatic rings. The van der Waals surface area contributed by atoms with Crippen molar-refractivity contribution >= 4 is 28.9 Å². The van der Waals surface area contributed by atoms with Crippen LogP contribution in [0.5, 0.6) is 0 Å². The Balaban J connectivity index is 1.49. The minimum atomic E-state index is 0.248. The quantitative estimate of drug-likeness (QED) is 0.704. The van der Waals surface area contributed by atoms with Gasteiger partial charge in [-0.1, -0.05) is 30.2 Å². The van der Waals surface area contributed by atoms with Gasteiger partial charge in [-0.15, -0.1) is 0 Å². The van der Waals surface area contributed by atoms with Gasteiger partial charge < -0.3 is 16.4 Å². The van der Waals surface area contributed by atoms with E-state index < -0.39 is 0 Å². The summed E-state index contributed by atoms with van der Waals surface area (Å²) in [5.41, 5.74) is 14.2. The highest BCUT2D eigenvalue weighted by atomic mass is 35.5. The van der Waals surface area contributed by atoms with Crippen molar-refractivity contribution < 1.29 is 0 Å². The van der Waals surface area contributed by atoms with E-state index in [1.807, 2.05) is 0 Å². The molecule has 1 spiro atoms. The van der Waals surface area contributed by atoms with Crippen molar-refractivity contribution in [2.24, 2.45) is 11.1 Å². The number of nitrogens with zero attached hydrogens (tertiary/aromatic N) is 3. The minimum absolute atomic E-state index is 0.248. The Morgan fingerprint density at radius 2 is 1.89 bits per heavy atom. The second-order valence-corrected chi connectivity index (χ2v) is 8.13. The van der Waals surface area contributed by atoms with Gasteiger partial charge in [0.25, 0.3) is 0 Å². The van der Waals surface area contributed by atoms with Crippen LogP contribution < -0.4 is 16.4 Å². The van der Waals surface area contributed by atoms with Crippen LogP contribution in [0.2, 0.25) is 5.02 Å². The average molecular weight is 385 g/mol. The Labute approximate surface area is 164 Å². The number of hydrogen-bond donors (Lipinski definition) is 3. The number of piperidine rings is 1. The lowest BCUT2D eigenvalue weighted by molar-refractivity contribution is 0.197. The van der Waals surface area contributed by atoms with Gasteiger partial charge >= 0.3 is 0 Å². The molecule has 1 aromatic carbocycles. The predicted molar refractivity (Wildman–Crippen MR) is 110 cm³/mol. The Morgan fingerprint density at radius 1 is 1.19 bits per heavy atom. The first-order chi connectivity index (χ1) is 13.0. The molecule has 1 aliphatic carbocycles. The molecule has 0 radical (unpaired) electrons. The highest BCUT2D eigenvalue weighted by molar-refractivity contribution is 6.30. The van der Waals surface area contributed by atoms with Gasteiger partial charge in [0.15, 0.2) is 5.82 Å². The molecule has 6 nitrogen and oxygen atoms in total. The molecule has 2 heterocycles. The van der Waals surface area contributed by atoms with Gasteiger partial charge in [0, 0.05) is 29.7 Å². The molecule has 0 amide bonds. The SMILES string of the molecule is N=C(c1ccc(Cl)cc1)c1ncc(N2CCC3(CCC[C@H]3N)CC2)nc1N. The summed E-state index contributed by atoms with van der Waals surface area (Å²) in [6, 6.07) is 7.41.